The van der Waals surface area contributed by atoms with Crippen molar-refractivity contribution in [2.75, 3.05) is 0 Å². The summed E-state index contributed by atoms with van der Waals surface area (Å²) < 4.78 is 1.97. The van der Waals surface area contributed by atoms with Crippen LogP contribution < -0.4 is 5.32 Å². The molecule has 0 aliphatic heterocycles. The van der Waals surface area contributed by atoms with E-state index in [1.165, 1.54) is 29.3 Å². The van der Waals surface area contributed by atoms with Crippen LogP contribution >= 0.6 is 23.4 Å². The van der Waals surface area contributed by atoms with E-state index in [-0.39, 0.29) is 16.3 Å². The van der Waals surface area contributed by atoms with E-state index < -0.39 is 16.9 Å². The molecule has 5 aromatic rings. The minimum absolute atomic E-state index is 0.0354. The molecular formula is C32H28ClN5O3S. The lowest BCUT2D eigenvalue weighted by atomic mass is 10.0. The molecular weight excluding hydrogens is 570 g/mol. The number of hydrogen-bond acceptors (Lipinski definition) is 6. The number of carbonyl (C=O) groups is 1. The third-order valence-corrected chi connectivity index (χ3v) is 8.03. The number of hydrogen-bond donors (Lipinski definition) is 1. The molecule has 0 aliphatic rings. The third kappa shape index (κ3) is 6.87. The smallest absolute Gasteiger partial charge is 0.288 e. The van der Waals surface area contributed by atoms with E-state index in [1.54, 1.807) is 11.8 Å². The van der Waals surface area contributed by atoms with E-state index in [4.69, 9.17) is 11.6 Å². The number of halogens is 1. The zero-order chi connectivity index (χ0) is 29.6. The van der Waals surface area contributed by atoms with Gasteiger partial charge in [0.1, 0.15) is 5.02 Å². The molecule has 1 amide bonds. The van der Waals surface area contributed by atoms with Crippen molar-refractivity contribution < 1.29 is 9.72 Å². The van der Waals surface area contributed by atoms with Gasteiger partial charge in [-0.05, 0) is 55.7 Å². The van der Waals surface area contributed by atoms with Crippen molar-refractivity contribution in [2.24, 2.45) is 0 Å². The van der Waals surface area contributed by atoms with E-state index in [2.05, 4.69) is 40.6 Å². The highest BCUT2D eigenvalue weighted by Gasteiger charge is 2.26. The van der Waals surface area contributed by atoms with Crippen molar-refractivity contribution in [3.8, 4) is 5.69 Å². The molecule has 1 aromatic heterocycles. The Morgan fingerprint density at radius 2 is 1.67 bits per heavy atom. The molecule has 0 radical (unpaired) electrons. The molecule has 212 valence electrons. The summed E-state index contributed by atoms with van der Waals surface area (Å²) in [5, 5.41) is 24.3. The third-order valence-electron chi connectivity index (χ3n) is 6.71. The van der Waals surface area contributed by atoms with Gasteiger partial charge in [0, 0.05) is 23.1 Å². The second kappa shape index (κ2) is 13.0. The summed E-state index contributed by atoms with van der Waals surface area (Å²) in [7, 11) is 0. The molecule has 42 heavy (non-hydrogen) atoms. The number of aryl methyl sites for hydroxylation is 2. The second-order valence-electron chi connectivity index (χ2n) is 9.93. The first-order valence-electron chi connectivity index (χ1n) is 13.3. The van der Waals surface area contributed by atoms with Gasteiger partial charge in [-0.25, -0.2) is 0 Å². The molecule has 0 saturated carbocycles. The van der Waals surface area contributed by atoms with Crippen molar-refractivity contribution in [3.05, 3.63) is 146 Å². The molecule has 8 nitrogen and oxygen atoms in total. The fourth-order valence-electron chi connectivity index (χ4n) is 4.58. The number of carbonyl (C=O) groups excluding carboxylic acids is 1. The highest BCUT2D eigenvalue weighted by Crippen LogP contribution is 2.30. The Morgan fingerprint density at radius 1 is 0.929 bits per heavy atom. The van der Waals surface area contributed by atoms with Crippen LogP contribution in [-0.2, 0) is 12.2 Å². The average Bonchev–Trinajstić information content (AvgIpc) is 3.40. The molecule has 0 fully saturated rings. The van der Waals surface area contributed by atoms with Gasteiger partial charge in [-0.15, -0.1) is 10.2 Å². The maximum atomic E-state index is 13.5. The lowest BCUT2D eigenvalue weighted by Gasteiger charge is -2.20. The number of nitro benzene ring substituents is 1. The molecule has 4 aromatic carbocycles. The van der Waals surface area contributed by atoms with Crippen LogP contribution in [0.2, 0.25) is 5.02 Å². The predicted octanol–water partition coefficient (Wildman–Crippen LogP) is 7.45. The first-order valence-corrected chi connectivity index (χ1v) is 14.6. The fraction of sp³-hybridized carbons (Fsp3) is 0.156. The van der Waals surface area contributed by atoms with Gasteiger partial charge in [-0.2, -0.15) is 0 Å². The van der Waals surface area contributed by atoms with Gasteiger partial charge < -0.3 is 5.32 Å². The maximum Gasteiger partial charge on any atom is 0.288 e. The number of amides is 1. The summed E-state index contributed by atoms with van der Waals surface area (Å²) in [6, 6.07) is 29.5. The number of aromatic nitrogens is 3. The van der Waals surface area contributed by atoms with Crippen LogP contribution in [0.4, 0.5) is 5.69 Å². The summed E-state index contributed by atoms with van der Waals surface area (Å²) in [6.45, 7) is 4.08. The molecule has 1 N–H and O–H groups in total. The van der Waals surface area contributed by atoms with Gasteiger partial charge in [-0.1, -0.05) is 101 Å². The minimum Gasteiger partial charge on any atom is -0.342 e. The van der Waals surface area contributed by atoms with Crippen molar-refractivity contribution >= 4 is 35.0 Å². The Bertz CT molecular complexity index is 1720. The van der Waals surface area contributed by atoms with Gasteiger partial charge in [0.15, 0.2) is 11.0 Å². The Labute approximate surface area is 252 Å². The largest absolute Gasteiger partial charge is 0.342 e. The normalized spacial score (nSPS) is 11.7. The Kier molecular flexibility index (Phi) is 9.00. The minimum atomic E-state index is -0.605. The topological polar surface area (TPSA) is 103 Å². The lowest BCUT2D eigenvalue weighted by molar-refractivity contribution is -0.384. The summed E-state index contributed by atoms with van der Waals surface area (Å²) in [6.07, 6.45) is 0.425. The Hall–Kier alpha value is -4.47. The maximum absolute atomic E-state index is 13.5. The van der Waals surface area contributed by atoms with Gasteiger partial charge >= 0.3 is 0 Å². The van der Waals surface area contributed by atoms with Crippen molar-refractivity contribution in [2.45, 2.75) is 37.2 Å². The number of nitro groups is 1. The molecule has 1 heterocycles. The van der Waals surface area contributed by atoms with E-state index >= 15 is 0 Å². The molecule has 1 unspecified atom stereocenters. The average molecular weight is 598 g/mol. The van der Waals surface area contributed by atoms with Crippen molar-refractivity contribution in [3.63, 3.8) is 0 Å². The molecule has 0 spiro atoms. The van der Waals surface area contributed by atoms with Crippen molar-refractivity contribution in [1.29, 1.82) is 0 Å². The number of nitrogens with one attached hydrogen (secondary N) is 1. The molecule has 0 aliphatic carbocycles. The Morgan fingerprint density at radius 3 is 2.38 bits per heavy atom. The van der Waals surface area contributed by atoms with Gasteiger partial charge in [0.05, 0.1) is 11.0 Å². The standard InChI is InChI=1S/C32H28ClN5O3S/c1-21-11-14-26(15-12-21)37-30(35-36-32(37)42-20-24-10-6-7-22(2)17-24)28(18-23-8-4-3-5-9-23)34-31(39)25-13-16-27(33)29(19-25)38(40)41/h3-17,19,28H,18,20H2,1-2H3,(H,34,39). The number of rotatable bonds is 10. The highest BCUT2D eigenvalue weighted by atomic mass is 35.5. The van der Waals surface area contributed by atoms with Crippen LogP contribution in [0.5, 0.6) is 0 Å². The van der Waals surface area contributed by atoms with Crippen LogP contribution in [0.1, 0.15) is 44.5 Å². The van der Waals surface area contributed by atoms with E-state index in [1.807, 2.05) is 72.2 Å². The SMILES string of the molecule is Cc1ccc(-n2c(SCc3cccc(C)c3)nnc2C(Cc2ccccc2)NC(=O)c2ccc(Cl)c([N+](=O)[O-])c2)cc1. The number of nitrogens with zero attached hydrogens (tertiary/aromatic N) is 4. The first-order chi connectivity index (χ1) is 20.3. The van der Waals surface area contributed by atoms with E-state index in [0.717, 1.165) is 16.8 Å². The van der Waals surface area contributed by atoms with Crippen LogP contribution in [0.3, 0.4) is 0 Å². The van der Waals surface area contributed by atoms with Crippen LogP contribution in [0, 0.1) is 24.0 Å². The molecule has 0 bridgehead atoms. The molecule has 5 rings (SSSR count). The monoisotopic (exact) mass is 597 g/mol. The van der Waals surface area contributed by atoms with Crippen LogP contribution in [0.15, 0.2) is 102 Å². The van der Waals surface area contributed by atoms with Crippen LogP contribution in [0.25, 0.3) is 5.69 Å². The Balaban J connectivity index is 1.55. The van der Waals surface area contributed by atoms with Gasteiger partial charge in [-0.3, -0.25) is 19.5 Å². The molecule has 1 atom stereocenters. The first kappa shape index (κ1) is 29.0. The van der Waals surface area contributed by atoms with Gasteiger partial charge in [0.2, 0.25) is 0 Å². The number of benzene rings is 4. The van der Waals surface area contributed by atoms with E-state index in [9.17, 15) is 14.9 Å². The van der Waals surface area contributed by atoms with Gasteiger partial charge in [0.25, 0.3) is 11.6 Å². The fourth-order valence-corrected chi connectivity index (χ4v) is 5.67. The lowest BCUT2D eigenvalue weighted by Crippen LogP contribution is -2.32. The van der Waals surface area contributed by atoms with E-state index in [0.29, 0.717) is 23.2 Å². The second-order valence-corrected chi connectivity index (χ2v) is 11.3. The predicted molar refractivity (Wildman–Crippen MR) is 165 cm³/mol. The summed E-state index contributed by atoms with van der Waals surface area (Å²) in [5.41, 5.74) is 5.10. The highest BCUT2D eigenvalue weighted by molar-refractivity contribution is 7.98. The summed E-state index contributed by atoms with van der Waals surface area (Å²) in [4.78, 5) is 24.4. The van der Waals surface area contributed by atoms with Crippen LogP contribution in [-0.4, -0.2) is 25.6 Å². The number of thioether (sulfide) groups is 1. The molecule has 0 saturated heterocycles. The zero-order valence-corrected chi connectivity index (χ0v) is 24.6. The zero-order valence-electron chi connectivity index (χ0n) is 23.0. The quantitative estimate of drug-likeness (QED) is 0.102. The molecule has 10 heteroatoms. The summed E-state index contributed by atoms with van der Waals surface area (Å²) in [5.74, 6) is 0.755. The van der Waals surface area contributed by atoms with Crippen molar-refractivity contribution in [1.82, 2.24) is 20.1 Å². The summed E-state index contributed by atoms with van der Waals surface area (Å²) >= 11 is 7.55.